The number of benzene rings is 2. The third kappa shape index (κ3) is 6.65. The summed E-state index contributed by atoms with van der Waals surface area (Å²) in [5.74, 6) is -0.680. The summed E-state index contributed by atoms with van der Waals surface area (Å²) in [4.78, 5) is 16.4. The van der Waals surface area contributed by atoms with Gasteiger partial charge in [-0.15, -0.1) is 13.2 Å². The highest BCUT2D eigenvalue weighted by atomic mass is 32.2. The molecule has 0 spiro atoms. The third-order valence-corrected chi connectivity index (χ3v) is 7.66. The second-order valence-electron chi connectivity index (χ2n) is 8.64. The first-order valence-corrected chi connectivity index (χ1v) is 13.2. The molecular formula is C24H28F3N3O6S. The molecule has 2 aliphatic rings. The van der Waals surface area contributed by atoms with Gasteiger partial charge in [0.25, 0.3) is 5.91 Å². The van der Waals surface area contributed by atoms with E-state index in [1.807, 2.05) is 4.90 Å². The minimum absolute atomic E-state index is 0.0676. The number of nitrogens with one attached hydrogen (secondary N) is 1. The van der Waals surface area contributed by atoms with Gasteiger partial charge in [-0.3, -0.25) is 4.79 Å². The van der Waals surface area contributed by atoms with Crippen molar-refractivity contribution in [3.05, 3.63) is 48.0 Å². The van der Waals surface area contributed by atoms with Gasteiger partial charge in [0.05, 0.1) is 29.4 Å². The quantitative estimate of drug-likeness (QED) is 0.547. The number of nitrogens with zero attached hydrogens (tertiary/aromatic N) is 2. The Bertz CT molecular complexity index is 1210. The highest BCUT2D eigenvalue weighted by molar-refractivity contribution is 7.89. The summed E-state index contributed by atoms with van der Waals surface area (Å²) in [6, 6.07) is 9.75. The highest BCUT2D eigenvalue weighted by Gasteiger charge is 2.34. The maximum Gasteiger partial charge on any atom is 0.573 e. The van der Waals surface area contributed by atoms with E-state index in [1.54, 1.807) is 6.07 Å². The summed E-state index contributed by atoms with van der Waals surface area (Å²) in [7, 11) is -2.32. The SMILES string of the molecule is COc1ccc(S(=O)(=O)NC[C@@H]2CCCO2)cc1N1CCN(C(=O)c2ccccc2OC(F)(F)F)CC1. The summed E-state index contributed by atoms with van der Waals surface area (Å²) in [5, 5.41) is 0. The Morgan fingerprint density at radius 3 is 2.49 bits per heavy atom. The summed E-state index contributed by atoms with van der Waals surface area (Å²) < 4.78 is 81.6. The van der Waals surface area contributed by atoms with Crippen molar-refractivity contribution >= 4 is 21.6 Å². The Hall–Kier alpha value is -3.03. The van der Waals surface area contributed by atoms with Gasteiger partial charge in [0, 0.05) is 39.3 Å². The molecule has 0 radical (unpaired) electrons. The van der Waals surface area contributed by atoms with E-state index in [1.165, 1.54) is 42.3 Å². The summed E-state index contributed by atoms with van der Waals surface area (Å²) in [6.45, 7) is 1.85. The molecule has 0 aliphatic carbocycles. The minimum atomic E-state index is -4.92. The van der Waals surface area contributed by atoms with Crippen molar-refractivity contribution in [3.63, 3.8) is 0 Å². The summed E-state index contributed by atoms with van der Waals surface area (Å²) in [5.41, 5.74) is 0.353. The zero-order chi connectivity index (χ0) is 26.6. The molecule has 2 heterocycles. The lowest BCUT2D eigenvalue weighted by Crippen LogP contribution is -2.49. The average Bonchev–Trinajstić information content (AvgIpc) is 3.40. The Morgan fingerprint density at radius 2 is 1.84 bits per heavy atom. The topological polar surface area (TPSA) is 97.4 Å². The molecule has 1 amide bonds. The lowest BCUT2D eigenvalue weighted by Gasteiger charge is -2.37. The van der Waals surface area contributed by atoms with Gasteiger partial charge in [-0.2, -0.15) is 0 Å². The van der Waals surface area contributed by atoms with Gasteiger partial charge in [-0.25, -0.2) is 13.1 Å². The second-order valence-corrected chi connectivity index (χ2v) is 10.4. The molecule has 0 bridgehead atoms. The molecule has 0 unspecified atom stereocenters. The predicted molar refractivity (Wildman–Crippen MR) is 128 cm³/mol. The van der Waals surface area contributed by atoms with Crippen molar-refractivity contribution in [2.45, 2.75) is 30.2 Å². The van der Waals surface area contributed by atoms with Crippen LogP contribution in [-0.4, -0.2) is 78.1 Å². The van der Waals surface area contributed by atoms with E-state index >= 15 is 0 Å². The van der Waals surface area contributed by atoms with Crippen LogP contribution in [0, 0.1) is 0 Å². The largest absolute Gasteiger partial charge is 0.573 e. The van der Waals surface area contributed by atoms with Crippen molar-refractivity contribution in [3.8, 4) is 11.5 Å². The molecule has 1 atom stereocenters. The fraction of sp³-hybridized carbons (Fsp3) is 0.458. The van der Waals surface area contributed by atoms with E-state index in [4.69, 9.17) is 9.47 Å². The van der Waals surface area contributed by atoms with E-state index < -0.39 is 28.0 Å². The normalized spacial score (nSPS) is 18.6. The van der Waals surface area contributed by atoms with Crippen LogP contribution >= 0.6 is 0 Å². The number of para-hydroxylation sites is 1. The number of carbonyl (C=O) groups is 1. The molecule has 9 nitrogen and oxygen atoms in total. The molecule has 2 aromatic rings. The van der Waals surface area contributed by atoms with Gasteiger partial charge >= 0.3 is 6.36 Å². The first kappa shape index (κ1) is 27.0. The van der Waals surface area contributed by atoms with Crippen molar-refractivity contribution < 1.29 is 40.6 Å². The number of alkyl halides is 3. The molecule has 2 aliphatic heterocycles. The van der Waals surface area contributed by atoms with Gasteiger partial charge in [-0.1, -0.05) is 12.1 Å². The van der Waals surface area contributed by atoms with Crippen LogP contribution in [0.15, 0.2) is 47.4 Å². The maximum atomic E-state index is 13.0. The number of hydrogen-bond donors (Lipinski definition) is 1. The molecule has 202 valence electrons. The smallest absolute Gasteiger partial charge is 0.495 e. The Morgan fingerprint density at radius 1 is 1.11 bits per heavy atom. The van der Waals surface area contributed by atoms with Crippen LogP contribution in [0.2, 0.25) is 0 Å². The second kappa shape index (κ2) is 11.2. The van der Waals surface area contributed by atoms with Gasteiger partial charge < -0.3 is 24.0 Å². The van der Waals surface area contributed by atoms with Crippen molar-refractivity contribution in [2.24, 2.45) is 0 Å². The van der Waals surface area contributed by atoms with Crippen LogP contribution in [0.25, 0.3) is 0 Å². The first-order chi connectivity index (χ1) is 17.6. The molecule has 2 saturated heterocycles. The van der Waals surface area contributed by atoms with Gasteiger partial charge in [0.2, 0.25) is 10.0 Å². The molecular weight excluding hydrogens is 515 g/mol. The molecule has 13 heteroatoms. The predicted octanol–water partition coefficient (Wildman–Crippen LogP) is 3.01. The van der Waals surface area contributed by atoms with E-state index in [-0.39, 0.29) is 36.2 Å². The number of amides is 1. The number of halogens is 3. The number of sulfonamides is 1. The molecule has 0 aromatic heterocycles. The molecule has 0 saturated carbocycles. The zero-order valence-corrected chi connectivity index (χ0v) is 21.0. The average molecular weight is 544 g/mol. The first-order valence-electron chi connectivity index (χ1n) is 11.8. The van der Waals surface area contributed by atoms with Crippen molar-refractivity contribution in [2.75, 3.05) is 51.3 Å². The van der Waals surface area contributed by atoms with Crippen LogP contribution in [0.4, 0.5) is 18.9 Å². The van der Waals surface area contributed by atoms with Crippen LogP contribution in [-0.2, 0) is 14.8 Å². The number of piperazine rings is 1. The molecule has 4 rings (SSSR count). The van der Waals surface area contributed by atoms with E-state index in [0.29, 0.717) is 31.1 Å². The van der Waals surface area contributed by atoms with E-state index in [9.17, 15) is 26.4 Å². The molecule has 37 heavy (non-hydrogen) atoms. The lowest BCUT2D eigenvalue weighted by atomic mass is 10.1. The number of hydrogen-bond acceptors (Lipinski definition) is 7. The highest BCUT2D eigenvalue weighted by Crippen LogP contribution is 2.33. The molecule has 2 fully saturated rings. The Labute approximate surface area is 213 Å². The molecule has 2 aromatic carbocycles. The minimum Gasteiger partial charge on any atom is -0.495 e. The number of anilines is 1. The van der Waals surface area contributed by atoms with E-state index in [2.05, 4.69) is 9.46 Å². The lowest BCUT2D eigenvalue weighted by molar-refractivity contribution is -0.274. The fourth-order valence-electron chi connectivity index (χ4n) is 4.35. The number of methoxy groups -OCH3 is 1. The monoisotopic (exact) mass is 543 g/mol. The van der Waals surface area contributed by atoms with Crippen LogP contribution in [0.1, 0.15) is 23.2 Å². The summed E-state index contributed by atoms with van der Waals surface area (Å²) >= 11 is 0. The van der Waals surface area contributed by atoms with Gasteiger partial charge in [-0.05, 0) is 43.2 Å². The van der Waals surface area contributed by atoms with Crippen molar-refractivity contribution in [1.82, 2.24) is 9.62 Å². The van der Waals surface area contributed by atoms with Crippen molar-refractivity contribution in [1.29, 1.82) is 0 Å². The summed E-state index contributed by atoms with van der Waals surface area (Å²) in [6.07, 6.45) is -3.37. The maximum absolute atomic E-state index is 13.0. The number of ether oxygens (including phenoxy) is 3. The van der Waals surface area contributed by atoms with Crippen LogP contribution in [0.5, 0.6) is 11.5 Å². The zero-order valence-electron chi connectivity index (χ0n) is 20.2. The van der Waals surface area contributed by atoms with Crippen LogP contribution < -0.4 is 19.1 Å². The fourth-order valence-corrected chi connectivity index (χ4v) is 5.44. The molecule has 1 N–H and O–H groups in total. The van der Waals surface area contributed by atoms with Gasteiger partial charge in [0.15, 0.2) is 0 Å². The van der Waals surface area contributed by atoms with Crippen LogP contribution in [0.3, 0.4) is 0 Å². The standard InChI is InChI=1S/C24H28F3N3O6S/c1-34-22-9-8-18(37(32,33)28-16-17-5-4-14-35-17)15-20(22)29-10-12-30(13-11-29)23(31)19-6-2-3-7-21(19)36-24(25,26)27/h2-3,6-9,15,17,28H,4-5,10-14,16H2,1H3/t17-/m0/s1. The van der Waals surface area contributed by atoms with E-state index in [0.717, 1.165) is 18.9 Å². The third-order valence-electron chi connectivity index (χ3n) is 6.24. The number of carbonyl (C=O) groups excluding carboxylic acids is 1. The Balaban J connectivity index is 1.46. The van der Waals surface area contributed by atoms with Gasteiger partial charge in [0.1, 0.15) is 11.5 Å². The Kier molecular flexibility index (Phi) is 8.14. The number of rotatable bonds is 8.